The van der Waals surface area contributed by atoms with Gasteiger partial charge in [0, 0.05) is 24.1 Å². The second kappa shape index (κ2) is 6.57. The van der Waals surface area contributed by atoms with Crippen LogP contribution in [0.3, 0.4) is 0 Å². The van der Waals surface area contributed by atoms with Gasteiger partial charge in [0.2, 0.25) is 11.7 Å². The van der Waals surface area contributed by atoms with Crippen molar-refractivity contribution in [3.63, 3.8) is 0 Å². The SMILES string of the molecule is Cl.Clc1ccccc1-c1noc(CC2CC3CCC(C2)N3)n1. The normalized spacial score (nSPS) is 26.7. The van der Waals surface area contributed by atoms with E-state index < -0.39 is 0 Å². The van der Waals surface area contributed by atoms with Crippen LogP contribution in [0.25, 0.3) is 11.4 Å². The van der Waals surface area contributed by atoms with Crippen LogP contribution in [0.15, 0.2) is 28.8 Å². The molecule has 1 aromatic carbocycles. The van der Waals surface area contributed by atoms with Gasteiger partial charge in [-0.15, -0.1) is 12.4 Å². The average Bonchev–Trinajstić information content (AvgIpc) is 3.06. The highest BCUT2D eigenvalue weighted by atomic mass is 35.5. The number of benzene rings is 1. The minimum absolute atomic E-state index is 0. The molecule has 0 saturated carbocycles. The van der Waals surface area contributed by atoms with Crippen LogP contribution < -0.4 is 5.32 Å². The van der Waals surface area contributed by atoms with Crippen LogP contribution in [-0.2, 0) is 6.42 Å². The van der Waals surface area contributed by atoms with Crippen LogP contribution in [-0.4, -0.2) is 22.2 Å². The third-order valence-electron chi connectivity index (χ3n) is 4.62. The molecule has 1 aromatic heterocycles. The molecule has 2 aliphatic rings. The Labute approximate surface area is 141 Å². The molecule has 0 spiro atoms. The quantitative estimate of drug-likeness (QED) is 0.921. The topological polar surface area (TPSA) is 51.0 Å². The molecule has 2 atom stereocenters. The van der Waals surface area contributed by atoms with Gasteiger partial charge in [-0.05, 0) is 43.7 Å². The van der Waals surface area contributed by atoms with E-state index in [1.165, 1.54) is 25.7 Å². The van der Waals surface area contributed by atoms with Crippen LogP contribution in [0, 0.1) is 5.92 Å². The standard InChI is InChI=1S/C16H18ClN3O.ClH/c17-14-4-2-1-3-13(14)16-19-15(21-20-16)9-10-7-11-5-6-12(8-10)18-11;/h1-4,10-12,18H,5-9H2;1H. The van der Waals surface area contributed by atoms with Crippen molar-refractivity contribution in [2.24, 2.45) is 5.92 Å². The molecule has 0 aliphatic carbocycles. The fraction of sp³-hybridized carbons (Fsp3) is 0.500. The molecule has 4 nitrogen and oxygen atoms in total. The highest BCUT2D eigenvalue weighted by Gasteiger charge is 2.34. The Bertz CT molecular complexity index is 634. The third kappa shape index (κ3) is 3.14. The zero-order valence-electron chi connectivity index (χ0n) is 12.2. The Balaban J connectivity index is 0.00000144. The fourth-order valence-electron chi connectivity index (χ4n) is 3.68. The first kappa shape index (κ1) is 15.8. The van der Waals surface area contributed by atoms with Gasteiger partial charge in [0.1, 0.15) is 0 Å². The first-order valence-corrected chi connectivity index (χ1v) is 7.99. The number of hydrogen-bond donors (Lipinski definition) is 1. The molecule has 118 valence electrons. The fourth-order valence-corrected chi connectivity index (χ4v) is 3.90. The Kier molecular flexibility index (Phi) is 4.71. The van der Waals surface area contributed by atoms with Gasteiger partial charge in [0.05, 0.1) is 5.02 Å². The van der Waals surface area contributed by atoms with Gasteiger partial charge in [-0.2, -0.15) is 4.98 Å². The molecular weight excluding hydrogens is 321 g/mol. The third-order valence-corrected chi connectivity index (χ3v) is 4.95. The number of piperidine rings is 1. The predicted octanol–water partition coefficient (Wildman–Crippen LogP) is 3.88. The summed E-state index contributed by atoms with van der Waals surface area (Å²) in [6, 6.07) is 8.98. The molecule has 0 amide bonds. The van der Waals surface area contributed by atoms with E-state index in [2.05, 4.69) is 15.5 Å². The molecule has 2 fully saturated rings. The van der Waals surface area contributed by atoms with Gasteiger partial charge in [-0.3, -0.25) is 0 Å². The van der Waals surface area contributed by atoms with Gasteiger partial charge in [-0.25, -0.2) is 0 Å². The summed E-state index contributed by atoms with van der Waals surface area (Å²) in [5.41, 5.74) is 0.833. The van der Waals surface area contributed by atoms with Gasteiger partial charge in [0.15, 0.2) is 0 Å². The van der Waals surface area contributed by atoms with Crippen LogP contribution in [0.4, 0.5) is 0 Å². The van der Waals surface area contributed by atoms with E-state index in [0.717, 1.165) is 17.9 Å². The molecule has 4 rings (SSSR count). The summed E-state index contributed by atoms with van der Waals surface area (Å²) >= 11 is 6.18. The summed E-state index contributed by atoms with van der Waals surface area (Å²) in [5.74, 6) is 1.98. The molecule has 2 aromatic rings. The number of aromatic nitrogens is 2. The van der Waals surface area contributed by atoms with Crippen molar-refractivity contribution >= 4 is 24.0 Å². The van der Waals surface area contributed by atoms with E-state index in [9.17, 15) is 0 Å². The van der Waals surface area contributed by atoms with Crippen molar-refractivity contribution in [2.45, 2.75) is 44.2 Å². The van der Waals surface area contributed by atoms with E-state index >= 15 is 0 Å². The predicted molar refractivity (Wildman–Crippen MR) is 88.4 cm³/mol. The highest BCUT2D eigenvalue weighted by Crippen LogP contribution is 2.33. The monoisotopic (exact) mass is 339 g/mol. The maximum atomic E-state index is 6.18. The Morgan fingerprint density at radius 3 is 2.64 bits per heavy atom. The van der Waals surface area contributed by atoms with Gasteiger partial charge >= 0.3 is 0 Å². The van der Waals surface area contributed by atoms with Crippen molar-refractivity contribution in [3.05, 3.63) is 35.2 Å². The molecule has 2 unspecified atom stereocenters. The minimum atomic E-state index is 0. The summed E-state index contributed by atoms with van der Waals surface area (Å²) in [4.78, 5) is 4.52. The molecule has 2 aliphatic heterocycles. The average molecular weight is 340 g/mol. The Morgan fingerprint density at radius 1 is 1.18 bits per heavy atom. The summed E-state index contributed by atoms with van der Waals surface area (Å²) in [5, 5.41) is 8.40. The molecule has 3 heterocycles. The summed E-state index contributed by atoms with van der Waals surface area (Å²) in [7, 11) is 0. The number of rotatable bonds is 3. The molecule has 22 heavy (non-hydrogen) atoms. The number of fused-ring (bicyclic) bond motifs is 2. The van der Waals surface area contributed by atoms with Crippen LogP contribution >= 0.6 is 24.0 Å². The first-order chi connectivity index (χ1) is 10.3. The first-order valence-electron chi connectivity index (χ1n) is 7.61. The molecule has 2 bridgehead atoms. The maximum absolute atomic E-state index is 6.18. The lowest BCUT2D eigenvalue weighted by Gasteiger charge is -2.27. The van der Waals surface area contributed by atoms with Gasteiger partial charge in [0.25, 0.3) is 0 Å². The molecule has 1 N–H and O–H groups in total. The number of nitrogens with zero attached hydrogens (tertiary/aromatic N) is 2. The summed E-state index contributed by atoms with van der Waals surface area (Å²) in [6.07, 6.45) is 5.96. The minimum Gasteiger partial charge on any atom is -0.339 e. The van der Waals surface area contributed by atoms with Crippen molar-refractivity contribution in [1.29, 1.82) is 0 Å². The van der Waals surface area contributed by atoms with E-state index in [4.69, 9.17) is 16.1 Å². The van der Waals surface area contributed by atoms with E-state index in [1.807, 2.05) is 24.3 Å². The number of nitrogens with one attached hydrogen (secondary N) is 1. The number of halogens is 2. The second-order valence-corrected chi connectivity index (χ2v) is 6.58. The van der Waals surface area contributed by atoms with Gasteiger partial charge < -0.3 is 9.84 Å². The molecular formula is C16H19Cl2N3O. The lowest BCUT2D eigenvalue weighted by Crippen LogP contribution is -2.38. The van der Waals surface area contributed by atoms with E-state index in [0.29, 0.717) is 28.8 Å². The number of hydrogen-bond acceptors (Lipinski definition) is 4. The van der Waals surface area contributed by atoms with Crippen molar-refractivity contribution < 1.29 is 4.52 Å². The largest absolute Gasteiger partial charge is 0.339 e. The maximum Gasteiger partial charge on any atom is 0.227 e. The van der Waals surface area contributed by atoms with Crippen molar-refractivity contribution in [3.8, 4) is 11.4 Å². The van der Waals surface area contributed by atoms with Crippen molar-refractivity contribution in [2.75, 3.05) is 0 Å². The van der Waals surface area contributed by atoms with Crippen LogP contribution in [0.5, 0.6) is 0 Å². The lowest BCUT2D eigenvalue weighted by molar-refractivity contribution is 0.270. The zero-order valence-corrected chi connectivity index (χ0v) is 13.7. The van der Waals surface area contributed by atoms with Gasteiger partial charge in [-0.1, -0.05) is 28.9 Å². The molecule has 6 heteroatoms. The Hall–Kier alpha value is -1.10. The van der Waals surface area contributed by atoms with E-state index in [1.54, 1.807) is 0 Å². The summed E-state index contributed by atoms with van der Waals surface area (Å²) < 4.78 is 5.43. The molecule has 2 saturated heterocycles. The second-order valence-electron chi connectivity index (χ2n) is 6.17. The van der Waals surface area contributed by atoms with Crippen LogP contribution in [0.1, 0.15) is 31.6 Å². The van der Waals surface area contributed by atoms with E-state index in [-0.39, 0.29) is 12.4 Å². The lowest BCUT2D eigenvalue weighted by atomic mass is 9.90. The summed E-state index contributed by atoms with van der Waals surface area (Å²) in [6.45, 7) is 0. The Morgan fingerprint density at radius 2 is 1.91 bits per heavy atom. The van der Waals surface area contributed by atoms with Crippen LogP contribution in [0.2, 0.25) is 5.02 Å². The smallest absolute Gasteiger partial charge is 0.227 e. The zero-order chi connectivity index (χ0) is 14.2. The highest BCUT2D eigenvalue weighted by molar-refractivity contribution is 6.33. The van der Waals surface area contributed by atoms with Crippen molar-refractivity contribution in [1.82, 2.24) is 15.5 Å². The molecule has 0 radical (unpaired) electrons.